The van der Waals surface area contributed by atoms with Crippen molar-refractivity contribution in [1.29, 1.82) is 0 Å². The highest BCUT2D eigenvalue weighted by Crippen LogP contribution is 2.26. The zero-order valence-electron chi connectivity index (χ0n) is 10.9. The van der Waals surface area contributed by atoms with Crippen LogP contribution in [0.5, 0.6) is 0 Å². The summed E-state index contributed by atoms with van der Waals surface area (Å²) in [5.74, 6) is 0.0782. The van der Waals surface area contributed by atoms with Gasteiger partial charge in [-0.15, -0.1) is 5.10 Å². The fourth-order valence-corrected chi connectivity index (χ4v) is 2.36. The van der Waals surface area contributed by atoms with Crippen molar-refractivity contribution in [2.45, 2.75) is 12.5 Å². The molecule has 0 aromatic carbocycles. The molecule has 0 unspecified atom stereocenters. The lowest BCUT2D eigenvalue weighted by Gasteiger charge is -2.31. The van der Waals surface area contributed by atoms with Gasteiger partial charge in [-0.25, -0.2) is 0 Å². The zero-order valence-corrected chi connectivity index (χ0v) is 10.9. The monoisotopic (exact) mass is 254 g/mol. The van der Waals surface area contributed by atoms with Gasteiger partial charge in [0.05, 0.1) is 18.8 Å². The second-order valence-electron chi connectivity index (χ2n) is 4.40. The van der Waals surface area contributed by atoms with Crippen LogP contribution in [0.1, 0.15) is 17.3 Å². The highest BCUT2D eigenvalue weighted by atomic mass is 16.5. The van der Waals surface area contributed by atoms with E-state index < -0.39 is 0 Å². The largest absolute Gasteiger partial charge is 0.384 e. The number of hydrogen-bond acceptors (Lipinski definition) is 5. The third kappa shape index (κ3) is 2.37. The van der Waals surface area contributed by atoms with Gasteiger partial charge in [0.2, 0.25) is 5.91 Å². The molecule has 100 valence electrons. The van der Waals surface area contributed by atoms with Crippen molar-refractivity contribution >= 4 is 5.91 Å². The number of ether oxygens (including phenoxy) is 2. The van der Waals surface area contributed by atoms with Gasteiger partial charge >= 0.3 is 0 Å². The van der Waals surface area contributed by atoms with E-state index in [0.717, 1.165) is 11.4 Å². The Morgan fingerprint density at radius 3 is 2.89 bits per heavy atom. The number of hydrogen-bond donors (Lipinski definition) is 0. The number of rotatable bonds is 4. The summed E-state index contributed by atoms with van der Waals surface area (Å²) in [5, 5.41) is 8.12. The van der Waals surface area contributed by atoms with Crippen molar-refractivity contribution in [3.63, 3.8) is 0 Å². The Morgan fingerprint density at radius 2 is 2.22 bits per heavy atom. The molecule has 0 radical (unpaired) electrons. The molecule has 7 heteroatoms. The van der Waals surface area contributed by atoms with Crippen molar-refractivity contribution < 1.29 is 14.3 Å². The van der Waals surface area contributed by atoms with Crippen LogP contribution in [-0.2, 0) is 27.9 Å². The van der Waals surface area contributed by atoms with E-state index >= 15 is 0 Å². The molecule has 2 heterocycles. The number of carbonyl (C=O) groups excluding carboxylic acids is 1. The standard InChI is InChI=1S/C11H18N4O3/c1-14-11-8(6-17-2)4-15(10(16)7-18-3)5-9(11)12-13-14/h8H,4-7H2,1-3H3/t8-/m1/s1. The van der Waals surface area contributed by atoms with Gasteiger partial charge in [-0.2, -0.15) is 0 Å². The van der Waals surface area contributed by atoms with Gasteiger partial charge in [0.25, 0.3) is 0 Å². The van der Waals surface area contributed by atoms with Gasteiger partial charge < -0.3 is 14.4 Å². The first kappa shape index (κ1) is 13.0. The van der Waals surface area contributed by atoms with Crippen LogP contribution in [0, 0.1) is 0 Å². The predicted octanol–water partition coefficient (Wildman–Crippen LogP) is -0.466. The summed E-state index contributed by atoms with van der Waals surface area (Å²) in [6.45, 7) is 1.75. The Bertz CT molecular complexity index is 432. The second kappa shape index (κ2) is 5.45. The van der Waals surface area contributed by atoms with E-state index in [-0.39, 0.29) is 18.4 Å². The molecule has 1 aromatic rings. The molecule has 1 aliphatic heterocycles. The Morgan fingerprint density at radius 1 is 1.44 bits per heavy atom. The number of carbonyl (C=O) groups is 1. The van der Waals surface area contributed by atoms with Crippen LogP contribution in [0.15, 0.2) is 0 Å². The first-order valence-electron chi connectivity index (χ1n) is 5.81. The van der Waals surface area contributed by atoms with Crippen molar-refractivity contribution in [2.75, 3.05) is 34.0 Å². The van der Waals surface area contributed by atoms with E-state index in [1.165, 1.54) is 7.11 Å². The fraction of sp³-hybridized carbons (Fsp3) is 0.727. The van der Waals surface area contributed by atoms with Crippen LogP contribution in [0.3, 0.4) is 0 Å². The molecule has 0 saturated heterocycles. The van der Waals surface area contributed by atoms with Crippen LogP contribution < -0.4 is 0 Å². The zero-order chi connectivity index (χ0) is 13.1. The maximum atomic E-state index is 11.9. The smallest absolute Gasteiger partial charge is 0.248 e. The molecule has 0 bridgehead atoms. The molecule has 0 saturated carbocycles. The van der Waals surface area contributed by atoms with Crippen LogP contribution in [-0.4, -0.2) is 59.8 Å². The van der Waals surface area contributed by atoms with Gasteiger partial charge in [0.1, 0.15) is 12.3 Å². The van der Waals surface area contributed by atoms with E-state index in [4.69, 9.17) is 9.47 Å². The Kier molecular flexibility index (Phi) is 3.93. The summed E-state index contributed by atoms with van der Waals surface area (Å²) in [6.07, 6.45) is 0. The first-order chi connectivity index (χ1) is 8.67. The third-order valence-electron chi connectivity index (χ3n) is 3.10. The molecule has 1 amide bonds. The molecule has 0 aliphatic carbocycles. The van der Waals surface area contributed by atoms with Gasteiger partial charge in [-0.05, 0) is 0 Å². The summed E-state index contributed by atoms with van der Waals surface area (Å²) in [6, 6.07) is 0. The number of amides is 1. The average Bonchev–Trinajstić information content (AvgIpc) is 2.72. The maximum Gasteiger partial charge on any atom is 0.248 e. The normalized spacial score (nSPS) is 18.8. The Balaban J connectivity index is 2.21. The lowest BCUT2D eigenvalue weighted by molar-refractivity contribution is -0.136. The Hall–Kier alpha value is -1.47. The highest BCUT2D eigenvalue weighted by molar-refractivity contribution is 5.77. The molecule has 18 heavy (non-hydrogen) atoms. The number of nitrogens with zero attached hydrogens (tertiary/aromatic N) is 4. The Labute approximate surface area is 106 Å². The van der Waals surface area contributed by atoms with Crippen LogP contribution >= 0.6 is 0 Å². The van der Waals surface area contributed by atoms with E-state index in [2.05, 4.69) is 10.3 Å². The molecular weight excluding hydrogens is 236 g/mol. The minimum atomic E-state index is -0.0325. The minimum absolute atomic E-state index is 0.0325. The lowest BCUT2D eigenvalue weighted by Crippen LogP contribution is -2.41. The maximum absolute atomic E-state index is 11.9. The number of aromatic nitrogens is 3. The van der Waals surface area contributed by atoms with Gasteiger partial charge in [-0.3, -0.25) is 9.48 Å². The van der Waals surface area contributed by atoms with Crippen LogP contribution in [0.25, 0.3) is 0 Å². The van der Waals surface area contributed by atoms with Gasteiger partial charge in [0, 0.05) is 33.7 Å². The molecule has 2 rings (SSSR count). The molecule has 1 aromatic heterocycles. The molecule has 0 N–H and O–H groups in total. The summed E-state index contributed by atoms with van der Waals surface area (Å²) in [7, 11) is 5.03. The summed E-state index contributed by atoms with van der Waals surface area (Å²) in [4.78, 5) is 13.6. The van der Waals surface area contributed by atoms with E-state index in [9.17, 15) is 4.79 Å². The van der Waals surface area contributed by atoms with E-state index in [1.54, 1.807) is 16.7 Å². The third-order valence-corrected chi connectivity index (χ3v) is 3.10. The molecule has 0 fully saturated rings. The number of aryl methyl sites for hydroxylation is 1. The first-order valence-corrected chi connectivity index (χ1v) is 5.81. The summed E-state index contributed by atoms with van der Waals surface area (Å²) in [5.41, 5.74) is 1.90. The molecular formula is C11H18N4O3. The summed E-state index contributed by atoms with van der Waals surface area (Å²) < 4.78 is 11.9. The minimum Gasteiger partial charge on any atom is -0.384 e. The van der Waals surface area contributed by atoms with Crippen LogP contribution in [0.4, 0.5) is 0 Å². The summed E-state index contributed by atoms with van der Waals surface area (Å²) >= 11 is 0. The van der Waals surface area contributed by atoms with Crippen LogP contribution in [0.2, 0.25) is 0 Å². The topological polar surface area (TPSA) is 69.5 Å². The number of methoxy groups -OCH3 is 2. The SMILES string of the molecule is COCC(=O)N1Cc2nnn(C)c2[C@@H](COC)C1. The quantitative estimate of drug-likeness (QED) is 0.727. The van der Waals surface area contributed by atoms with Crippen molar-refractivity contribution in [3.05, 3.63) is 11.4 Å². The highest BCUT2D eigenvalue weighted by Gasteiger charge is 2.32. The lowest BCUT2D eigenvalue weighted by atomic mass is 9.99. The molecule has 7 nitrogen and oxygen atoms in total. The fourth-order valence-electron chi connectivity index (χ4n) is 2.36. The van der Waals surface area contributed by atoms with E-state index in [0.29, 0.717) is 19.7 Å². The molecule has 0 spiro atoms. The molecule has 1 aliphatic rings. The van der Waals surface area contributed by atoms with Crippen molar-refractivity contribution in [2.24, 2.45) is 7.05 Å². The van der Waals surface area contributed by atoms with E-state index in [1.807, 2.05) is 7.05 Å². The average molecular weight is 254 g/mol. The van der Waals surface area contributed by atoms with Gasteiger partial charge in [0.15, 0.2) is 0 Å². The second-order valence-corrected chi connectivity index (χ2v) is 4.40. The molecule has 1 atom stereocenters. The van der Waals surface area contributed by atoms with Crippen molar-refractivity contribution in [1.82, 2.24) is 19.9 Å². The predicted molar refractivity (Wildman–Crippen MR) is 62.9 cm³/mol. The van der Waals surface area contributed by atoms with Crippen molar-refractivity contribution in [3.8, 4) is 0 Å². The van der Waals surface area contributed by atoms with Gasteiger partial charge in [-0.1, -0.05) is 5.21 Å². The number of fused-ring (bicyclic) bond motifs is 1.